The normalized spacial score (nSPS) is 12.5. The van der Waals surface area contributed by atoms with Crippen molar-refractivity contribution in [2.45, 2.75) is 18.5 Å². The fourth-order valence-electron chi connectivity index (χ4n) is 3.93. The molecule has 0 spiro atoms. The smallest absolute Gasteiger partial charge is 0.340 e. The standard InChI is InChI=1S/C35H30O9/c1-2-29(43-34(38)27-19-11-5-12-20-27)30(23-40-32(36)25-15-7-3-8-16-25)42-31(44-35(39)28-21-13-6-14-22-28)24-41-33(37)26-17-9-4-10-18-26/h2-22,29-31H,1,23-24H2/t29-,30+,31?/m0/s1. The first-order valence-corrected chi connectivity index (χ1v) is 13.7. The van der Waals surface area contributed by atoms with E-state index in [1.54, 1.807) is 121 Å². The van der Waals surface area contributed by atoms with Gasteiger partial charge in [-0.1, -0.05) is 79.4 Å². The summed E-state index contributed by atoms with van der Waals surface area (Å²) in [5, 5.41) is 0. The van der Waals surface area contributed by atoms with Gasteiger partial charge in [0.2, 0.25) is 6.29 Å². The fraction of sp³-hybridized carbons (Fsp3) is 0.143. The summed E-state index contributed by atoms with van der Waals surface area (Å²) >= 11 is 0. The molecule has 0 saturated heterocycles. The van der Waals surface area contributed by atoms with Crippen LogP contribution in [0.1, 0.15) is 41.4 Å². The zero-order valence-corrected chi connectivity index (χ0v) is 23.7. The summed E-state index contributed by atoms with van der Waals surface area (Å²) in [7, 11) is 0. The van der Waals surface area contributed by atoms with Crippen molar-refractivity contribution < 1.29 is 42.9 Å². The average Bonchev–Trinajstić information content (AvgIpc) is 3.09. The molecule has 3 atom stereocenters. The van der Waals surface area contributed by atoms with Gasteiger partial charge in [-0.2, -0.15) is 0 Å². The lowest BCUT2D eigenvalue weighted by Crippen LogP contribution is -2.42. The highest BCUT2D eigenvalue weighted by Crippen LogP contribution is 2.17. The fourth-order valence-corrected chi connectivity index (χ4v) is 3.93. The van der Waals surface area contributed by atoms with Crippen LogP contribution in [0.25, 0.3) is 0 Å². The summed E-state index contributed by atoms with van der Waals surface area (Å²) in [6.45, 7) is 2.80. The lowest BCUT2D eigenvalue weighted by Gasteiger charge is -2.28. The van der Waals surface area contributed by atoms with Crippen molar-refractivity contribution in [1.82, 2.24) is 0 Å². The van der Waals surface area contributed by atoms with E-state index in [1.807, 2.05) is 0 Å². The maximum Gasteiger partial charge on any atom is 0.340 e. The Bertz CT molecular complexity index is 1520. The summed E-state index contributed by atoms with van der Waals surface area (Å²) in [4.78, 5) is 51.3. The minimum atomic E-state index is -1.49. The van der Waals surface area contributed by atoms with E-state index in [1.165, 1.54) is 6.08 Å². The van der Waals surface area contributed by atoms with Crippen LogP contribution in [-0.4, -0.2) is 55.6 Å². The van der Waals surface area contributed by atoms with Gasteiger partial charge in [-0.15, -0.1) is 0 Å². The van der Waals surface area contributed by atoms with Gasteiger partial charge in [0, 0.05) is 0 Å². The van der Waals surface area contributed by atoms with Gasteiger partial charge < -0.3 is 23.7 Å². The van der Waals surface area contributed by atoms with Crippen molar-refractivity contribution in [2.24, 2.45) is 0 Å². The predicted molar refractivity (Wildman–Crippen MR) is 160 cm³/mol. The van der Waals surface area contributed by atoms with Crippen molar-refractivity contribution in [3.63, 3.8) is 0 Å². The van der Waals surface area contributed by atoms with E-state index < -0.39 is 55.6 Å². The second-order valence-electron chi connectivity index (χ2n) is 9.28. The highest BCUT2D eigenvalue weighted by Gasteiger charge is 2.31. The van der Waals surface area contributed by atoms with Gasteiger partial charge >= 0.3 is 23.9 Å². The Labute approximate surface area is 254 Å². The zero-order valence-electron chi connectivity index (χ0n) is 23.7. The van der Waals surface area contributed by atoms with E-state index >= 15 is 0 Å². The van der Waals surface area contributed by atoms with E-state index in [0.29, 0.717) is 0 Å². The van der Waals surface area contributed by atoms with Gasteiger partial charge in [0.05, 0.1) is 22.3 Å². The second-order valence-corrected chi connectivity index (χ2v) is 9.28. The molecular formula is C35H30O9. The highest BCUT2D eigenvalue weighted by molar-refractivity contribution is 5.91. The molecule has 224 valence electrons. The molecule has 4 aromatic carbocycles. The van der Waals surface area contributed by atoms with E-state index in [0.717, 1.165) is 0 Å². The number of carbonyl (C=O) groups is 4. The number of esters is 4. The lowest BCUT2D eigenvalue weighted by atomic mass is 10.2. The number of hydrogen-bond donors (Lipinski definition) is 0. The molecule has 0 aliphatic carbocycles. The molecule has 4 aromatic rings. The van der Waals surface area contributed by atoms with E-state index in [2.05, 4.69) is 6.58 Å². The largest absolute Gasteiger partial charge is 0.459 e. The van der Waals surface area contributed by atoms with Gasteiger partial charge in [0.25, 0.3) is 0 Å². The molecule has 0 amide bonds. The average molecular weight is 595 g/mol. The van der Waals surface area contributed by atoms with E-state index in [-0.39, 0.29) is 22.3 Å². The van der Waals surface area contributed by atoms with Crippen LogP contribution < -0.4 is 0 Å². The van der Waals surface area contributed by atoms with E-state index in [4.69, 9.17) is 23.7 Å². The summed E-state index contributed by atoms with van der Waals surface area (Å²) in [6.07, 6.45) is -2.59. The first-order valence-electron chi connectivity index (χ1n) is 13.7. The molecule has 1 unspecified atom stereocenters. The van der Waals surface area contributed by atoms with Crippen LogP contribution in [0.4, 0.5) is 0 Å². The van der Waals surface area contributed by atoms with Crippen LogP contribution >= 0.6 is 0 Å². The highest BCUT2D eigenvalue weighted by atomic mass is 16.7. The molecule has 4 rings (SSSR count). The monoisotopic (exact) mass is 594 g/mol. The molecule has 0 aliphatic rings. The Kier molecular flexibility index (Phi) is 11.6. The molecule has 0 heterocycles. The number of ether oxygens (including phenoxy) is 5. The summed E-state index contributed by atoms with van der Waals surface area (Å²) in [5.74, 6) is -2.79. The van der Waals surface area contributed by atoms with Gasteiger partial charge in [-0.25, -0.2) is 19.2 Å². The van der Waals surface area contributed by atoms with Gasteiger partial charge in [-0.05, 0) is 54.6 Å². The molecule has 9 heteroatoms. The molecule has 0 saturated carbocycles. The Morgan fingerprint density at radius 2 is 0.886 bits per heavy atom. The van der Waals surface area contributed by atoms with Crippen molar-refractivity contribution in [3.8, 4) is 0 Å². The summed E-state index contributed by atoms with van der Waals surface area (Å²) in [5.41, 5.74) is 1.04. The number of benzene rings is 4. The Morgan fingerprint density at radius 1 is 0.523 bits per heavy atom. The third kappa shape index (κ3) is 9.23. The maximum absolute atomic E-state index is 13.0. The van der Waals surface area contributed by atoms with Crippen LogP contribution in [0.5, 0.6) is 0 Å². The second kappa shape index (κ2) is 16.2. The van der Waals surface area contributed by atoms with Crippen LogP contribution in [0.15, 0.2) is 134 Å². The maximum atomic E-state index is 13.0. The Hall–Kier alpha value is -5.54. The van der Waals surface area contributed by atoms with Crippen molar-refractivity contribution in [3.05, 3.63) is 156 Å². The molecule has 0 fully saturated rings. The molecule has 0 aromatic heterocycles. The van der Waals surface area contributed by atoms with Crippen molar-refractivity contribution >= 4 is 23.9 Å². The minimum Gasteiger partial charge on any atom is -0.459 e. The first kappa shape index (κ1) is 31.4. The summed E-state index contributed by atoms with van der Waals surface area (Å²) < 4.78 is 28.2. The SMILES string of the molecule is C=C[C@H](OC(=O)c1ccccc1)[C@@H](COC(=O)c1ccccc1)OC(COC(=O)c1ccccc1)OC(=O)c1ccccc1. The number of hydrogen-bond acceptors (Lipinski definition) is 9. The molecule has 9 nitrogen and oxygen atoms in total. The van der Waals surface area contributed by atoms with Gasteiger partial charge in [0.1, 0.15) is 18.8 Å². The van der Waals surface area contributed by atoms with Gasteiger partial charge in [0.15, 0.2) is 6.61 Å². The molecule has 0 bridgehead atoms. The van der Waals surface area contributed by atoms with Crippen LogP contribution in [0, 0.1) is 0 Å². The molecule has 0 radical (unpaired) electrons. The molecular weight excluding hydrogens is 564 g/mol. The van der Waals surface area contributed by atoms with Crippen molar-refractivity contribution in [1.29, 1.82) is 0 Å². The number of carbonyl (C=O) groups excluding carboxylic acids is 4. The summed E-state index contributed by atoms with van der Waals surface area (Å²) in [6, 6.07) is 32.9. The number of rotatable bonds is 14. The lowest BCUT2D eigenvalue weighted by molar-refractivity contribution is -0.186. The van der Waals surface area contributed by atoms with Crippen LogP contribution in [0.2, 0.25) is 0 Å². The topological polar surface area (TPSA) is 114 Å². The van der Waals surface area contributed by atoms with Crippen LogP contribution in [0.3, 0.4) is 0 Å². The minimum absolute atomic E-state index is 0.221. The van der Waals surface area contributed by atoms with Gasteiger partial charge in [-0.3, -0.25) is 0 Å². The zero-order chi connectivity index (χ0) is 31.1. The van der Waals surface area contributed by atoms with Crippen molar-refractivity contribution in [2.75, 3.05) is 13.2 Å². The van der Waals surface area contributed by atoms with E-state index in [9.17, 15) is 19.2 Å². The first-order chi connectivity index (χ1) is 21.4. The Balaban J connectivity index is 1.56. The Morgan fingerprint density at radius 3 is 1.30 bits per heavy atom. The third-order valence-electron chi connectivity index (χ3n) is 6.17. The molecule has 0 aliphatic heterocycles. The third-order valence-corrected chi connectivity index (χ3v) is 6.17. The molecule has 44 heavy (non-hydrogen) atoms. The molecule has 0 N–H and O–H groups in total. The van der Waals surface area contributed by atoms with Crippen LogP contribution in [-0.2, 0) is 23.7 Å². The quantitative estimate of drug-likeness (QED) is 0.0787. The predicted octanol–water partition coefficient (Wildman–Crippen LogP) is 5.68.